The van der Waals surface area contributed by atoms with Crippen LogP contribution in [0, 0.1) is 0 Å². The first-order valence-electron chi connectivity index (χ1n) is 8.55. The smallest absolute Gasteiger partial charge is 0.303 e. The van der Waals surface area contributed by atoms with Gasteiger partial charge in [-0.2, -0.15) is 0 Å². The van der Waals surface area contributed by atoms with E-state index in [1.165, 1.54) is 0 Å². The number of carboxylic acid groups (broad SMARTS) is 1. The summed E-state index contributed by atoms with van der Waals surface area (Å²) in [5, 5.41) is 12.2. The standard InChI is InChI=1S/C20H25NO4/c1-3-24-18-10-8-16(13-19(18)25-4-2)14-21-17-7-5-6-15(12-17)9-11-20(22)23/h5-8,10,12-13,21H,3-4,9,11,14H2,1-2H3,(H,22,23). The number of ether oxygens (including phenoxy) is 2. The van der Waals surface area contributed by atoms with Crippen molar-refractivity contribution in [2.45, 2.75) is 33.2 Å². The zero-order valence-electron chi connectivity index (χ0n) is 14.7. The molecule has 0 atom stereocenters. The van der Waals surface area contributed by atoms with Crippen LogP contribution >= 0.6 is 0 Å². The van der Waals surface area contributed by atoms with E-state index in [1.807, 2.05) is 56.3 Å². The Labute approximate surface area is 148 Å². The van der Waals surface area contributed by atoms with Gasteiger partial charge in [-0.3, -0.25) is 4.79 Å². The zero-order valence-corrected chi connectivity index (χ0v) is 14.7. The van der Waals surface area contributed by atoms with Gasteiger partial charge in [0.05, 0.1) is 13.2 Å². The van der Waals surface area contributed by atoms with Crippen LogP contribution in [0.5, 0.6) is 11.5 Å². The van der Waals surface area contributed by atoms with Crippen LogP contribution < -0.4 is 14.8 Å². The summed E-state index contributed by atoms with van der Waals surface area (Å²) in [6, 6.07) is 13.8. The first kappa shape index (κ1) is 18.6. The Morgan fingerprint density at radius 1 is 1.00 bits per heavy atom. The Kier molecular flexibility index (Phi) is 7.14. The molecule has 25 heavy (non-hydrogen) atoms. The van der Waals surface area contributed by atoms with E-state index in [1.54, 1.807) is 0 Å². The molecule has 0 aliphatic heterocycles. The van der Waals surface area contributed by atoms with E-state index in [9.17, 15) is 4.79 Å². The van der Waals surface area contributed by atoms with Gasteiger partial charge in [0.15, 0.2) is 11.5 Å². The Bertz CT molecular complexity index is 700. The number of carboxylic acids is 1. The Morgan fingerprint density at radius 2 is 1.76 bits per heavy atom. The number of benzene rings is 2. The van der Waals surface area contributed by atoms with Crippen molar-refractivity contribution in [3.8, 4) is 11.5 Å². The SMILES string of the molecule is CCOc1ccc(CNc2cccc(CCC(=O)O)c2)cc1OCC. The molecule has 2 aromatic carbocycles. The highest BCUT2D eigenvalue weighted by Gasteiger charge is 2.06. The van der Waals surface area contributed by atoms with E-state index >= 15 is 0 Å². The van der Waals surface area contributed by atoms with Crippen LogP contribution in [0.15, 0.2) is 42.5 Å². The number of aliphatic carboxylic acids is 1. The monoisotopic (exact) mass is 343 g/mol. The summed E-state index contributed by atoms with van der Waals surface area (Å²) in [6.45, 7) is 5.73. The molecule has 0 heterocycles. The highest BCUT2D eigenvalue weighted by molar-refractivity contribution is 5.67. The van der Waals surface area contributed by atoms with E-state index < -0.39 is 5.97 Å². The molecule has 5 heteroatoms. The fourth-order valence-corrected chi connectivity index (χ4v) is 2.50. The van der Waals surface area contributed by atoms with Gasteiger partial charge in [0.2, 0.25) is 0 Å². The van der Waals surface area contributed by atoms with Crippen LogP contribution in [0.2, 0.25) is 0 Å². The van der Waals surface area contributed by atoms with Crippen molar-refractivity contribution in [2.75, 3.05) is 18.5 Å². The van der Waals surface area contributed by atoms with Gasteiger partial charge in [-0.1, -0.05) is 18.2 Å². The Balaban J connectivity index is 2.01. The van der Waals surface area contributed by atoms with Crippen molar-refractivity contribution in [3.05, 3.63) is 53.6 Å². The zero-order chi connectivity index (χ0) is 18.1. The number of carbonyl (C=O) groups is 1. The molecular weight excluding hydrogens is 318 g/mol. The maximum Gasteiger partial charge on any atom is 0.303 e. The first-order valence-corrected chi connectivity index (χ1v) is 8.55. The highest BCUT2D eigenvalue weighted by atomic mass is 16.5. The van der Waals surface area contributed by atoms with Gasteiger partial charge in [0, 0.05) is 18.7 Å². The number of rotatable bonds is 10. The van der Waals surface area contributed by atoms with Gasteiger partial charge >= 0.3 is 5.97 Å². The highest BCUT2D eigenvalue weighted by Crippen LogP contribution is 2.29. The molecule has 0 saturated heterocycles. The number of nitrogens with one attached hydrogen (secondary N) is 1. The van der Waals surface area contributed by atoms with Crippen LogP contribution in [0.1, 0.15) is 31.4 Å². The van der Waals surface area contributed by atoms with Crippen LogP contribution in [-0.2, 0) is 17.8 Å². The fraction of sp³-hybridized carbons (Fsp3) is 0.350. The Hall–Kier alpha value is -2.69. The molecule has 0 amide bonds. The molecule has 2 rings (SSSR count). The van der Waals surface area contributed by atoms with Crippen LogP contribution in [0.25, 0.3) is 0 Å². The van der Waals surface area contributed by atoms with Crippen molar-refractivity contribution >= 4 is 11.7 Å². The molecule has 0 aliphatic carbocycles. The first-order chi connectivity index (χ1) is 12.1. The summed E-state index contributed by atoms with van der Waals surface area (Å²) in [5.41, 5.74) is 3.06. The van der Waals surface area contributed by atoms with Crippen molar-refractivity contribution in [1.82, 2.24) is 0 Å². The maximum absolute atomic E-state index is 10.7. The Morgan fingerprint density at radius 3 is 2.48 bits per heavy atom. The minimum atomic E-state index is -0.781. The average Bonchev–Trinajstić information content (AvgIpc) is 2.61. The fourth-order valence-electron chi connectivity index (χ4n) is 2.50. The molecule has 0 unspecified atom stereocenters. The van der Waals surface area contributed by atoms with Crippen molar-refractivity contribution in [3.63, 3.8) is 0 Å². The molecule has 0 saturated carbocycles. The minimum Gasteiger partial charge on any atom is -0.490 e. The number of anilines is 1. The van der Waals surface area contributed by atoms with Gasteiger partial charge in [0.25, 0.3) is 0 Å². The number of aryl methyl sites for hydroxylation is 1. The third kappa shape index (κ3) is 6.03. The maximum atomic E-state index is 10.7. The lowest BCUT2D eigenvalue weighted by Gasteiger charge is -2.13. The van der Waals surface area contributed by atoms with E-state index in [4.69, 9.17) is 14.6 Å². The van der Waals surface area contributed by atoms with Gasteiger partial charge < -0.3 is 19.9 Å². The molecular formula is C20H25NO4. The molecule has 0 radical (unpaired) electrons. The predicted molar refractivity (Wildman–Crippen MR) is 98.5 cm³/mol. The van der Waals surface area contributed by atoms with Gasteiger partial charge in [-0.25, -0.2) is 0 Å². The minimum absolute atomic E-state index is 0.139. The van der Waals surface area contributed by atoms with Crippen LogP contribution in [0.3, 0.4) is 0 Å². The largest absolute Gasteiger partial charge is 0.490 e. The van der Waals surface area contributed by atoms with Gasteiger partial charge in [-0.05, 0) is 55.7 Å². The second-order valence-corrected chi connectivity index (χ2v) is 5.59. The van der Waals surface area contributed by atoms with E-state index in [0.29, 0.717) is 26.2 Å². The van der Waals surface area contributed by atoms with Crippen molar-refractivity contribution < 1.29 is 19.4 Å². The number of hydrogen-bond donors (Lipinski definition) is 2. The summed E-state index contributed by atoms with van der Waals surface area (Å²) in [6.07, 6.45) is 0.669. The van der Waals surface area contributed by atoms with Crippen molar-refractivity contribution in [1.29, 1.82) is 0 Å². The lowest BCUT2D eigenvalue weighted by molar-refractivity contribution is -0.136. The van der Waals surface area contributed by atoms with Crippen molar-refractivity contribution in [2.24, 2.45) is 0 Å². The molecule has 0 bridgehead atoms. The van der Waals surface area contributed by atoms with E-state index in [-0.39, 0.29) is 6.42 Å². The topological polar surface area (TPSA) is 67.8 Å². The second-order valence-electron chi connectivity index (χ2n) is 5.59. The summed E-state index contributed by atoms with van der Waals surface area (Å²) < 4.78 is 11.2. The lowest BCUT2D eigenvalue weighted by Crippen LogP contribution is -2.03. The summed E-state index contributed by atoms with van der Waals surface area (Å²) in [7, 11) is 0. The average molecular weight is 343 g/mol. The molecule has 134 valence electrons. The third-order valence-electron chi connectivity index (χ3n) is 3.66. The quantitative estimate of drug-likeness (QED) is 0.679. The second kappa shape index (κ2) is 9.57. The molecule has 0 fully saturated rings. The van der Waals surface area contributed by atoms with Crippen LogP contribution in [-0.4, -0.2) is 24.3 Å². The predicted octanol–water partition coefficient (Wildman–Crippen LogP) is 4.11. The van der Waals surface area contributed by atoms with E-state index in [2.05, 4.69) is 5.32 Å². The molecule has 5 nitrogen and oxygen atoms in total. The molecule has 0 aromatic heterocycles. The number of hydrogen-bond acceptors (Lipinski definition) is 4. The third-order valence-corrected chi connectivity index (χ3v) is 3.66. The van der Waals surface area contributed by atoms with Gasteiger partial charge in [0.1, 0.15) is 0 Å². The van der Waals surface area contributed by atoms with Crippen LogP contribution in [0.4, 0.5) is 5.69 Å². The lowest BCUT2D eigenvalue weighted by atomic mass is 10.1. The molecule has 2 aromatic rings. The summed E-state index contributed by atoms with van der Waals surface area (Å²) in [5.74, 6) is 0.721. The normalized spacial score (nSPS) is 10.3. The molecule has 2 N–H and O–H groups in total. The van der Waals surface area contributed by atoms with Gasteiger partial charge in [-0.15, -0.1) is 0 Å². The summed E-state index contributed by atoms with van der Waals surface area (Å²) in [4.78, 5) is 10.7. The molecule has 0 spiro atoms. The van der Waals surface area contributed by atoms with E-state index in [0.717, 1.165) is 28.3 Å². The molecule has 0 aliphatic rings. The summed E-state index contributed by atoms with van der Waals surface area (Å²) >= 11 is 0.